The van der Waals surface area contributed by atoms with Gasteiger partial charge in [0.1, 0.15) is 0 Å². The van der Waals surface area contributed by atoms with Crippen LogP contribution in [-0.4, -0.2) is 45.5 Å². The smallest absolute Gasteiger partial charge is 0.318 e. The van der Waals surface area contributed by atoms with E-state index >= 15 is 0 Å². The van der Waals surface area contributed by atoms with Crippen molar-refractivity contribution < 1.29 is 9.90 Å². The quantitative estimate of drug-likeness (QED) is 0.731. The van der Waals surface area contributed by atoms with Gasteiger partial charge in [0.05, 0.1) is 18.8 Å². The Morgan fingerprint density at radius 1 is 1.78 bits per heavy atom. The highest BCUT2D eigenvalue weighted by molar-refractivity contribution is 5.74. The molecule has 1 heterocycles. The zero-order valence-electron chi connectivity index (χ0n) is 10.8. The molecule has 18 heavy (non-hydrogen) atoms. The molecule has 2 N–H and O–H groups in total. The van der Waals surface area contributed by atoms with E-state index in [-0.39, 0.29) is 25.2 Å². The molecule has 0 aliphatic carbocycles. The molecule has 0 saturated heterocycles. The summed E-state index contributed by atoms with van der Waals surface area (Å²) < 4.78 is 1.69. The molecule has 0 spiro atoms. The fourth-order valence-electron chi connectivity index (χ4n) is 1.58. The van der Waals surface area contributed by atoms with Gasteiger partial charge in [0.15, 0.2) is 0 Å². The van der Waals surface area contributed by atoms with Gasteiger partial charge < -0.3 is 15.3 Å². The lowest BCUT2D eigenvalue weighted by Gasteiger charge is -2.22. The number of aromatic nitrogens is 2. The standard InChI is InChI=1S/C12H20N4O2/c1-4-5-16(6-7-17)12(18)14-10(2)11-8-13-15(3)9-11/h4,8-10,17H,1,5-7H2,2-3H3,(H,14,18). The van der Waals surface area contributed by atoms with E-state index in [4.69, 9.17) is 5.11 Å². The molecule has 0 radical (unpaired) electrons. The largest absolute Gasteiger partial charge is 0.395 e. The van der Waals surface area contributed by atoms with Crippen LogP contribution < -0.4 is 5.32 Å². The van der Waals surface area contributed by atoms with Crippen LogP contribution in [0.15, 0.2) is 25.0 Å². The molecule has 1 aromatic rings. The van der Waals surface area contributed by atoms with E-state index in [2.05, 4.69) is 17.0 Å². The first-order valence-corrected chi connectivity index (χ1v) is 5.84. The van der Waals surface area contributed by atoms with E-state index < -0.39 is 0 Å². The highest BCUT2D eigenvalue weighted by Crippen LogP contribution is 2.10. The van der Waals surface area contributed by atoms with Crippen molar-refractivity contribution in [3.63, 3.8) is 0 Å². The molecule has 100 valence electrons. The van der Waals surface area contributed by atoms with E-state index in [1.165, 1.54) is 4.90 Å². The Kier molecular flexibility index (Phi) is 5.38. The Morgan fingerprint density at radius 2 is 2.50 bits per heavy atom. The van der Waals surface area contributed by atoms with Gasteiger partial charge in [-0.3, -0.25) is 4.68 Å². The van der Waals surface area contributed by atoms with Gasteiger partial charge in [-0.1, -0.05) is 6.08 Å². The van der Waals surface area contributed by atoms with Crippen LogP contribution in [0, 0.1) is 0 Å². The van der Waals surface area contributed by atoms with Gasteiger partial charge in [-0.05, 0) is 6.92 Å². The maximum Gasteiger partial charge on any atom is 0.318 e. The number of carbonyl (C=O) groups excluding carboxylic acids is 1. The van der Waals surface area contributed by atoms with Crippen LogP contribution >= 0.6 is 0 Å². The van der Waals surface area contributed by atoms with E-state index in [1.807, 2.05) is 20.2 Å². The second-order valence-corrected chi connectivity index (χ2v) is 4.08. The van der Waals surface area contributed by atoms with E-state index in [1.54, 1.807) is 17.0 Å². The van der Waals surface area contributed by atoms with Gasteiger partial charge in [-0.25, -0.2) is 4.79 Å². The number of amides is 2. The molecule has 0 aromatic carbocycles. The molecule has 1 rings (SSSR count). The molecule has 2 amide bonds. The monoisotopic (exact) mass is 252 g/mol. The molecule has 1 aromatic heterocycles. The van der Waals surface area contributed by atoms with E-state index in [0.717, 1.165) is 5.56 Å². The molecule has 0 fully saturated rings. The average molecular weight is 252 g/mol. The number of hydrogen-bond acceptors (Lipinski definition) is 3. The van der Waals surface area contributed by atoms with Gasteiger partial charge in [0, 0.05) is 31.9 Å². The molecule has 0 bridgehead atoms. The molecule has 1 atom stereocenters. The lowest BCUT2D eigenvalue weighted by atomic mass is 10.2. The maximum atomic E-state index is 11.9. The Morgan fingerprint density at radius 3 is 3.00 bits per heavy atom. The third-order valence-electron chi connectivity index (χ3n) is 2.57. The number of aliphatic hydroxyl groups is 1. The summed E-state index contributed by atoms with van der Waals surface area (Å²) in [5.74, 6) is 0. The lowest BCUT2D eigenvalue weighted by molar-refractivity contribution is 0.181. The number of urea groups is 1. The molecule has 1 unspecified atom stereocenters. The Hall–Kier alpha value is -1.82. The topological polar surface area (TPSA) is 70.4 Å². The van der Waals surface area contributed by atoms with Crippen LogP contribution in [0.5, 0.6) is 0 Å². The fraction of sp³-hybridized carbons (Fsp3) is 0.500. The summed E-state index contributed by atoms with van der Waals surface area (Å²) in [4.78, 5) is 13.4. The Balaban J connectivity index is 2.59. The Bertz CT molecular complexity index is 403. The third-order valence-corrected chi connectivity index (χ3v) is 2.57. The number of aryl methyl sites for hydroxylation is 1. The van der Waals surface area contributed by atoms with Crippen LogP contribution in [0.1, 0.15) is 18.5 Å². The van der Waals surface area contributed by atoms with Gasteiger partial charge >= 0.3 is 6.03 Å². The van der Waals surface area contributed by atoms with E-state index in [9.17, 15) is 4.79 Å². The van der Waals surface area contributed by atoms with E-state index in [0.29, 0.717) is 6.54 Å². The van der Waals surface area contributed by atoms with Gasteiger partial charge in [0.25, 0.3) is 0 Å². The molecule has 0 aliphatic heterocycles. The normalized spacial score (nSPS) is 11.9. The van der Waals surface area contributed by atoms with Crippen molar-refractivity contribution in [2.75, 3.05) is 19.7 Å². The van der Waals surface area contributed by atoms with Crippen LogP contribution in [0.3, 0.4) is 0 Å². The van der Waals surface area contributed by atoms with Crippen molar-refractivity contribution in [3.8, 4) is 0 Å². The summed E-state index contributed by atoms with van der Waals surface area (Å²) in [6.07, 6.45) is 5.20. The number of nitrogens with one attached hydrogen (secondary N) is 1. The predicted octanol–water partition coefficient (Wildman–Crippen LogP) is 0.671. The molecule has 6 nitrogen and oxygen atoms in total. The first kappa shape index (κ1) is 14.2. The summed E-state index contributed by atoms with van der Waals surface area (Å²) in [7, 11) is 1.83. The second kappa shape index (κ2) is 6.80. The summed E-state index contributed by atoms with van der Waals surface area (Å²) in [5.41, 5.74) is 0.938. The summed E-state index contributed by atoms with van der Waals surface area (Å²) in [5, 5.41) is 15.8. The van der Waals surface area contributed by atoms with Crippen molar-refractivity contribution in [1.82, 2.24) is 20.0 Å². The van der Waals surface area contributed by atoms with Gasteiger partial charge in [0.2, 0.25) is 0 Å². The van der Waals surface area contributed by atoms with Crippen molar-refractivity contribution in [1.29, 1.82) is 0 Å². The molecule has 6 heteroatoms. The lowest BCUT2D eigenvalue weighted by Crippen LogP contribution is -2.42. The number of rotatable bonds is 6. The summed E-state index contributed by atoms with van der Waals surface area (Å²) >= 11 is 0. The number of nitrogens with zero attached hydrogens (tertiary/aromatic N) is 3. The molecular formula is C12H20N4O2. The number of hydrogen-bond donors (Lipinski definition) is 2. The molecule has 0 aliphatic rings. The minimum Gasteiger partial charge on any atom is -0.395 e. The first-order chi connectivity index (χ1) is 8.58. The summed E-state index contributed by atoms with van der Waals surface area (Å²) in [6, 6.07) is -0.350. The van der Waals surface area contributed by atoms with Crippen molar-refractivity contribution in [3.05, 3.63) is 30.6 Å². The maximum absolute atomic E-state index is 11.9. The van der Waals surface area contributed by atoms with Crippen molar-refractivity contribution in [2.24, 2.45) is 7.05 Å². The number of carbonyl (C=O) groups is 1. The molecular weight excluding hydrogens is 232 g/mol. The highest BCUT2D eigenvalue weighted by atomic mass is 16.3. The first-order valence-electron chi connectivity index (χ1n) is 5.84. The van der Waals surface area contributed by atoms with Crippen LogP contribution in [0.4, 0.5) is 4.79 Å². The average Bonchev–Trinajstić information content (AvgIpc) is 2.75. The van der Waals surface area contributed by atoms with Crippen LogP contribution in [-0.2, 0) is 7.05 Å². The zero-order chi connectivity index (χ0) is 13.5. The number of aliphatic hydroxyl groups excluding tert-OH is 1. The third kappa shape index (κ3) is 3.89. The van der Waals surface area contributed by atoms with Crippen molar-refractivity contribution in [2.45, 2.75) is 13.0 Å². The van der Waals surface area contributed by atoms with Crippen molar-refractivity contribution >= 4 is 6.03 Å². The predicted molar refractivity (Wildman–Crippen MR) is 69.0 cm³/mol. The van der Waals surface area contributed by atoms with Gasteiger partial charge in [-0.2, -0.15) is 5.10 Å². The van der Waals surface area contributed by atoms with Crippen LogP contribution in [0.2, 0.25) is 0 Å². The zero-order valence-corrected chi connectivity index (χ0v) is 10.8. The Labute approximate surface area is 107 Å². The van der Waals surface area contributed by atoms with Crippen LogP contribution in [0.25, 0.3) is 0 Å². The summed E-state index contributed by atoms with van der Waals surface area (Å²) in [6.45, 7) is 6.11. The SMILES string of the molecule is C=CCN(CCO)C(=O)NC(C)c1cnn(C)c1. The minimum absolute atomic E-state index is 0.0669. The minimum atomic E-state index is -0.222. The second-order valence-electron chi connectivity index (χ2n) is 4.08. The fourth-order valence-corrected chi connectivity index (χ4v) is 1.58. The highest BCUT2D eigenvalue weighted by Gasteiger charge is 2.15. The molecule has 0 saturated carbocycles. The van der Waals surface area contributed by atoms with Gasteiger partial charge in [-0.15, -0.1) is 6.58 Å².